The summed E-state index contributed by atoms with van der Waals surface area (Å²) in [7, 11) is 0. The van der Waals surface area contributed by atoms with Crippen molar-refractivity contribution in [2.45, 2.75) is 13.5 Å². The van der Waals surface area contributed by atoms with E-state index in [2.05, 4.69) is 83.2 Å². The largest absolute Gasteiger partial charge is 0.319 e. The Kier molecular flexibility index (Phi) is 4.41. The molecule has 0 aliphatic rings. The van der Waals surface area contributed by atoms with E-state index in [1.807, 2.05) is 30.6 Å². The van der Waals surface area contributed by atoms with Gasteiger partial charge in [0.25, 0.3) is 0 Å². The highest BCUT2D eigenvalue weighted by Gasteiger charge is 2.13. The average molecular weight is 375 g/mol. The van der Waals surface area contributed by atoms with Gasteiger partial charge in [0.1, 0.15) is 5.82 Å². The van der Waals surface area contributed by atoms with Crippen molar-refractivity contribution in [3.63, 3.8) is 0 Å². The summed E-state index contributed by atoms with van der Waals surface area (Å²) in [6.45, 7) is 2.91. The second kappa shape index (κ2) is 7.36. The number of aryl methyl sites for hydroxylation is 1. The number of nitrogens with zero attached hydrogens (tertiary/aromatic N) is 3. The summed E-state index contributed by atoms with van der Waals surface area (Å²) in [5.41, 5.74) is 8.18. The quantitative estimate of drug-likeness (QED) is 0.379. The standard InChI is InChI=1S/C26H21N3/c1-19-6-8-20(9-7-19)18-29-25-5-3-2-4-24(25)28-26(29)23-12-10-21(11-13-23)22-14-16-27-17-15-22/h2-17H,18H2,1H3. The van der Waals surface area contributed by atoms with Gasteiger partial charge in [0.2, 0.25) is 0 Å². The van der Waals surface area contributed by atoms with Gasteiger partial charge < -0.3 is 4.57 Å². The van der Waals surface area contributed by atoms with Crippen LogP contribution in [0.15, 0.2) is 97.3 Å². The molecule has 0 bridgehead atoms. The lowest BCUT2D eigenvalue weighted by Crippen LogP contribution is -2.02. The van der Waals surface area contributed by atoms with Crippen LogP contribution in [0.25, 0.3) is 33.5 Å². The number of aromatic nitrogens is 3. The minimum absolute atomic E-state index is 0.794. The molecule has 0 N–H and O–H groups in total. The van der Waals surface area contributed by atoms with Crippen molar-refractivity contribution in [2.75, 3.05) is 0 Å². The molecule has 0 amide bonds. The van der Waals surface area contributed by atoms with E-state index in [4.69, 9.17) is 4.98 Å². The minimum atomic E-state index is 0.794. The zero-order valence-electron chi connectivity index (χ0n) is 16.3. The number of imidazole rings is 1. The monoisotopic (exact) mass is 375 g/mol. The SMILES string of the molecule is Cc1ccc(Cn2c(-c3ccc(-c4ccncc4)cc3)nc3ccccc32)cc1. The van der Waals surface area contributed by atoms with E-state index < -0.39 is 0 Å². The third-order valence-electron chi connectivity index (χ3n) is 5.27. The first-order chi connectivity index (χ1) is 14.3. The van der Waals surface area contributed by atoms with Crippen LogP contribution in [0.1, 0.15) is 11.1 Å². The van der Waals surface area contributed by atoms with Crippen LogP contribution in [0, 0.1) is 6.92 Å². The maximum Gasteiger partial charge on any atom is 0.141 e. The van der Waals surface area contributed by atoms with Crippen LogP contribution in [0.5, 0.6) is 0 Å². The predicted molar refractivity (Wildman–Crippen MR) is 119 cm³/mol. The number of hydrogen-bond donors (Lipinski definition) is 0. The Labute approximate surface area is 170 Å². The second-order valence-electron chi connectivity index (χ2n) is 7.31. The first-order valence-corrected chi connectivity index (χ1v) is 9.79. The summed E-state index contributed by atoms with van der Waals surface area (Å²) in [5, 5.41) is 0. The van der Waals surface area contributed by atoms with E-state index in [9.17, 15) is 0 Å². The van der Waals surface area contributed by atoms with E-state index in [1.54, 1.807) is 0 Å². The summed E-state index contributed by atoms with van der Waals surface area (Å²) in [4.78, 5) is 9.06. The van der Waals surface area contributed by atoms with Gasteiger partial charge in [-0.1, -0.05) is 66.2 Å². The first-order valence-electron chi connectivity index (χ1n) is 9.79. The Hall–Kier alpha value is -3.72. The highest BCUT2D eigenvalue weighted by Crippen LogP contribution is 2.28. The smallest absolute Gasteiger partial charge is 0.141 e. The summed E-state index contributed by atoms with van der Waals surface area (Å²) in [5.74, 6) is 0.994. The van der Waals surface area contributed by atoms with Gasteiger partial charge in [-0.3, -0.25) is 4.98 Å². The van der Waals surface area contributed by atoms with E-state index in [0.29, 0.717) is 0 Å². The van der Waals surface area contributed by atoms with Crippen molar-refractivity contribution in [1.29, 1.82) is 0 Å². The predicted octanol–water partition coefficient (Wildman–Crippen LogP) is 6.12. The number of pyridine rings is 1. The number of benzene rings is 3. The fourth-order valence-electron chi connectivity index (χ4n) is 3.69. The van der Waals surface area contributed by atoms with Crippen LogP contribution in [0.4, 0.5) is 0 Å². The molecule has 0 unspecified atom stereocenters. The molecule has 2 heterocycles. The van der Waals surface area contributed by atoms with Crippen LogP contribution in [-0.4, -0.2) is 14.5 Å². The molecule has 0 saturated carbocycles. The minimum Gasteiger partial charge on any atom is -0.319 e. The lowest BCUT2D eigenvalue weighted by atomic mass is 10.0. The van der Waals surface area contributed by atoms with Gasteiger partial charge in [0.05, 0.1) is 11.0 Å². The molecule has 0 aliphatic carbocycles. The second-order valence-corrected chi connectivity index (χ2v) is 7.31. The molecule has 0 fully saturated rings. The Bertz CT molecular complexity index is 1250. The van der Waals surface area contributed by atoms with Gasteiger partial charge >= 0.3 is 0 Å². The topological polar surface area (TPSA) is 30.7 Å². The number of hydrogen-bond acceptors (Lipinski definition) is 2. The van der Waals surface area contributed by atoms with E-state index in [-0.39, 0.29) is 0 Å². The zero-order chi connectivity index (χ0) is 19.6. The highest BCUT2D eigenvalue weighted by molar-refractivity contribution is 5.81. The van der Waals surface area contributed by atoms with Crippen molar-refractivity contribution < 1.29 is 0 Å². The molecule has 0 saturated heterocycles. The molecular weight excluding hydrogens is 354 g/mol. The van der Waals surface area contributed by atoms with Gasteiger partial charge in [-0.05, 0) is 47.9 Å². The highest BCUT2D eigenvalue weighted by atomic mass is 15.1. The van der Waals surface area contributed by atoms with Gasteiger partial charge in [-0.15, -0.1) is 0 Å². The molecule has 0 radical (unpaired) electrons. The molecule has 2 aromatic heterocycles. The Morgan fingerprint density at radius 3 is 2.10 bits per heavy atom. The molecule has 0 spiro atoms. The Morgan fingerprint density at radius 2 is 1.34 bits per heavy atom. The van der Waals surface area contributed by atoms with Gasteiger partial charge in [0.15, 0.2) is 0 Å². The van der Waals surface area contributed by atoms with Crippen molar-refractivity contribution in [3.05, 3.63) is 108 Å². The van der Waals surface area contributed by atoms with Crippen LogP contribution < -0.4 is 0 Å². The molecule has 3 heteroatoms. The lowest BCUT2D eigenvalue weighted by molar-refractivity contribution is 0.834. The Balaban J connectivity index is 1.58. The van der Waals surface area contributed by atoms with Crippen molar-refractivity contribution >= 4 is 11.0 Å². The van der Waals surface area contributed by atoms with Gasteiger partial charge in [-0.2, -0.15) is 0 Å². The molecular formula is C26H21N3. The molecule has 3 nitrogen and oxygen atoms in total. The third-order valence-corrected chi connectivity index (χ3v) is 5.27. The summed E-state index contributed by atoms with van der Waals surface area (Å²) in [6.07, 6.45) is 3.65. The maximum absolute atomic E-state index is 4.95. The number of rotatable bonds is 4. The van der Waals surface area contributed by atoms with E-state index in [0.717, 1.165) is 29.0 Å². The molecule has 29 heavy (non-hydrogen) atoms. The van der Waals surface area contributed by atoms with Crippen molar-refractivity contribution in [2.24, 2.45) is 0 Å². The van der Waals surface area contributed by atoms with Crippen LogP contribution in [0.2, 0.25) is 0 Å². The molecule has 0 aliphatic heterocycles. The number of fused-ring (bicyclic) bond motifs is 1. The zero-order valence-corrected chi connectivity index (χ0v) is 16.3. The van der Waals surface area contributed by atoms with Crippen molar-refractivity contribution in [3.8, 4) is 22.5 Å². The fraction of sp³-hybridized carbons (Fsp3) is 0.0769. The molecule has 5 rings (SSSR count). The molecule has 0 atom stereocenters. The lowest BCUT2D eigenvalue weighted by Gasteiger charge is -2.11. The van der Waals surface area contributed by atoms with Gasteiger partial charge in [0, 0.05) is 24.5 Å². The normalized spacial score (nSPS) is 11.1. The molecule has 5 aromatic rings. The summed E-state index contributed by atoms with van der Waals surface area (Å²) < 4.78 is 2.31. The van der Waals surface area contributed by atoms with Crippen LogP contribution in [-0.2, 0) is 6.54 Å². The van der Waals surface area contributed by atoms with E-state index >= 15 is 0 Å². The van der Waals surface area contributed by atoms with Crippen molar-refractivity contribution in [1.82, 2.24) is 14.5 Å². The summed E-state index contributed by atoms with van der Waals surface area (Å²) >= 11 is 0. The summed E-state index contributed by atoms with van der Waals surface area (Å²) in [6, 6.07) is 29.7. The fourth-order valence-corrected chi connectivity index (χ4v) is 3.69. The number of para-hydroxylation sites is 2. The Morgan fingerprint density at radius 1 is 0.690 bits per heavy atom. The average Bonchev–Trinajstić information content (AvgIpc) is 3.14. The van der Waals surface area contributed by atoms with E-state index in [1.165, 1.54) is 22.3 Å². The van der Waals surface area contributed by atoms with Gasteiger partial charge in [-0.25, -0.2) is 4.98 Å². The maximum atomic E-state index is 4.95. The molecule has 3 aromatic carbocycles. The van der Waals surface area contributed by atoms with Crippen LogP contribution >= 0.6 is 0 Å². The van der Waals surface area contributed by atoms with Crippen LogP contribution in [0.3, 0.4) is 0 Å². The first kappa shape index (κ1) is 17.4. The molecule has 140 valence electrons. The third kappa shape index (κ3) is 3.43.